The van der Waals surface area contributed by atoms with Gasteiger partial charge in [0, 0.05) is 31.5 Å². The van der Waals surface area contributed by atoms with Gasteiger partial charge in [0.1, 0.15) is 5.76 Å². The van der Waals surface area contributed by atoms with Gasteiger partial charge in [-0.25, -0.2) is 9.97 Å². The minimum atomic E-state index is -0.0596. The molecule has 1 aliphatic heterocycles. The predicted octanol–water partition coefficient (Wildman–Crippen LogP) is 1.78. The number of aromatic nitrogens is 2. The summed E-state index contributed by atoms with van der Waals surface area (Å²) in [5.41, 5.74) is 0.615. The summed E-state index contributed by atoms with van der Waals surface area (Å²) in [4.78, 5) is 22.8. The smallest absolute Gasteiger partial charge is 0.255 e. The first-order chi connectivity index (χ1) is 10.2. The van der Waals surface area contributed by atoms with E-state index in [-0.39, 0.29) is 11.9 Å². The van der Waals surface area contributed by atoms with Gasteiger partial charge in [-0.2, -0.15) is 0 Å². The van der Waals surface area contributed by atoms with Crippen molar-refractivity contribution >= 4 is 11.9 Å². The monoisotopic (exact) mass is 286 g/mol. The van der Waals surface area contributed by atoms with Gasteiger partial charge in [0.15, 0.2) is 0 Å². The van der Waals surface area contributed by atoms with Gasteiger partial charge in [-0.05, 0) is 31.9 Å². The first-order valence-electron chi connectivity index (χ1n) is 7.11. The third-order valence-corrected chi connectivity index (χ3v) is 3.77. The Kier molecular flexibility index (Phi) is 3.85. The zero-order chi connectivity index (χ0) is 14.7. The lowest BCUT2D eigenvalue weighted by molar-refractivity contribution is 0.0929. The molecular formula is C15H18N4O2. The van der Waals surface area contributed by atoms with E-state index in [0.29, 0.717) is 11.3 Å². The van der Waals surface area contributed by atoms with Crippen LogP contribution in [0.2, 0.25) is 0 Å². The number of nitrogens with zero attached hydrogens (tertiary/aromatic N) is 3. The van der Waals surface area contributed by atoms with Gasteiger partial charge in [-0.3, -0.25) is 4.79 Å². The number of furan rings is 1. The van der Waals surface area contributed by atoms with Crippen LogP contribution in [-0.2, 0) is 0 Å². The van der Waals surface area contributed by atoms with E-state index in [2.05, 4.69) is 20.2 Å². The van der Waals surface area contributed by atoms with Gasteiger partial charge < -0.3 is 14.6 Å². The molecule has 0 bridgehead atoms. The van der Waals surface area contributed by atoms with Crippen LogP contribution in [-0.4, -0.2) is 35.0 Å². The second-order valence-corrected chi connectivity index (χ2v) is 5.17. The molecule has 0 aliphatic carbocycles. The number of piperidine rings is 1. The zero-order valence-electron chi connectivity index (χ0n) is 12.0. The number of amides is 1. The maximum Gasteiger partial charge on any atom is 0.255 e. The van der Waals surface area contributed by atoms with Crippen molar-refractivity contribution in [2.45, 2.75) is 25.8 Å². The van der Waals surface area contributed by atoms with Gasteiger partial charge in [-0.1, -0.05) is 0 Å². The van der Waals surface area contributed by atoms with Gasteiger partial charge >= 0.3 is 0 Å². The molecule has 0 saturated carbocycles. The summed E-state index contributed by atoms with van der Waals surface area (Å²) >= 11 is 0. The van der Waals surface area contributed by atoms with E-state index in [4.69, 9.17) is 4.42 Å². The molecule has 3 rings (SSSR count). The molecule has 6 nitrogen and oxygen atoms in total. The van der Waals surface area contributed by atoms with Crippen LogP contribution in [0.5, 0.6) is 0 Å². The maximum atomic E-state index is 12.1. The molecule has 1 amide bonds. The fourth-order valence-electron chi connectivity index (χ4n) is 2.56. The predicted molar refractivity (Wildman–Crippen MR) is 78.2 cm³/mol. The molecular weight excluding hydrogens is 268 g/mol. The quantitative estimate of drug-likeness (QED) is 0.931. The number of hydrogen-bond acceptors (Lipinski definition) is 5. The SMILES string of the molecule is Cc1occc1C(=O)NC1CCN(c2ncccn2)CC1. The van der Waals surface area contributed by atoms with Crippen molar-refractivity contribution in [2.24, 2.45) is 0 Å². The zero-order valence-corrected chi connectivity index (χ0v) is 12.0. The minimum Gasteiger partial charge on any atom is -0.469 e. The van der Waals surface area contributed by atoms with Gasteiger partial charge in [0.2, 0.25) is 5.95 Å². The summed E-state index contributed by atoms with van der Waals surface area (Å²) in [5.74, 6) is 1.35. The van der Waals surface area contributed by atoms with E-state index >= 15 is 0 Å². The van der Waals surface area contributed by atoms with Gasteiger partial charge in [-0.15, -0.1) is 0 Å². The summed E-state index contributed by atoms with van der Waals surface area (Å²) in [6.45, 7) is 3.49. The summed E-state index contributed by atoms with van der Waals surface area (Å²) in [7, 11) is 0. The number of aryl methyl sites for hydroxylation is 1. The Labute approximate surface area is 123 Å². The molecule has 21 heavy (non-hydrogen) atoms. The third kappa shape index (κ3) is 3.04. The molecule has 2 aromatic rings. The van der Waals surface area contributed by atoms with E-state index < -0.39 is 0 Å². The first kappa shape index (κ1) is 13.6. The van der Waals surface area contributed by atoms with Crippen molar-refractivity contribution in [3.8, 4) is 0 Å². The lowest BCUT2D eigenvalue weighted by Gasteiger charge is -2.32. The Balaban J connectivity index is 1.55. The van der Waals surface area contributed by atoms with E-state index in [0.717, 1.165) is 31.9 Å². The molecule has 110 valence electrons. The summed E-state index contributed by atoms with van der Waals surface area (Å²) < 4.78 is 5.16. The van der Waals surface area contributed by atoms with Crippen molar-refractivity contribution in [2.75, 3.05) is 18.0 Å². The largest absolute Gasteiger partial charge is 0.469 e. The van der Waals surface area contributed by atoms with E-state index in [9.17, 15) is 4.79 Å². The van der Waals surface area contributed by atoms with Crippen molar-refractivity contribution in [1.29, 1.82) is 0 Å². The highest BCUT2D eigenvalue weighted by atomic mass is 16.3. The number of rotatable bonds is 3. The molecule has 2 aromatic heterocycles. The highest BCUT2D eigenvalue weighted by molar-refractivity contribution is 5.95. The standard InChI is InChI=1S/C15H18N4O2/c1-11-13(5-10-21-11)14(20)18-12-3-8-19(9-4-12)15-16-6-2-7-17-15/h2,5-7,10,12H,3-4,8-9H2,1H3,(H,18,20). The second kappa shape index (κ2) is 5.95. The fourth-order valence-corrected chi connectivity index (χ4v) is 2.56. The number of carbonyl (C=O) groups excluding carboxylic acids is 1. The molecule has 1 fully saturated rings. The van der Waals surface area contributed by atoms with E-state index in [1.807, 2.05) is 6.07 Å². The molecule has 0 aromatic carbocycles. The lowest BCUT2D eigenvalue weighted by Crippen LogP contribution is -2.45. The molecule has 1 saturated heterocycles. The van der Waals surface area contributed by atoms with Gasteiger partial charge in [0.05, 0.1) is 11.8 Å². The molecule has 0 spiro atoms. The molecule has 0 unspecified atom stereocenters. The Hall–Kier alpha value is -2.37. The Morgan fingerprint density at radius 2 is 2.05 bits per heavy atom. The van der Waals surface area contributed by atoms with Crippen molar-refractivity contribution in [3.63, 3.8) is 0 Å². The fraction of sp³-hybridized carbons (Fsp3) is 0.400. The van der Waals surface area contributed by atoms with Crippen LogP contribution in [0.25, 0.3) is 0 Å². The lowest BCUT2D eigenvalue weighted by atomic mass is 10.0. The van der Waals surface area contributed by atoms with Crippen LogP contribution in [0, 0.1) is 6.92 Å². The Bertz CT molecular complexity index is 603. The summed E-state index contributed by atoms with van der Waals surface area (Å²) in [5, 5.41) is 3.07. The van der Waals surface area contributed by atoms with E-state index in [1.165, 1.54) is 0 Å². The average Bonchev–Trinajstić information content (AvgIpc) is 2.95. The molecule has 3 heterocycles. The second-order valence-electron chi connectivity index (χ2n) is 5.17. The molecule has 1 N–H and O–H groups in total. The van der Waals surface area contributed by atoms with E-state index in [1.54, 1.807) is 31.6 Å². The normalized spacial score (nSPS) is 16.0. The van der Waals surface area contributed by atoms with Crippen molar-refractivity contribution in [3.05, 3.63) is 42.1 Å². The molecule has 0 radical (unpaired) electrons. The molecule has 6 heteroatoms. The number of nitrogens with one attached hydrogen (secondary N) is 1. The minimum absolute atomic E-state index is 0.0596. The first-order valence-corrected chi connectivity index (χ1v) is 7.11. The summed E-state index contributed by atoms with van der Waals surface area (Å²) in [6.07, 6.45) is 6.82. The Morgan fingerprint density at radius 3 is 2.67 bits per heavy atom. The highest BCUT2D eigenvalue weighted by Gasteiger charge is 2.23. The molecule has 1 aliphatic rings. The van der Waals surface area contributed by atoms with Crippen LogP contribution in [0.1, 0.15) is 29.0 Å². The van der Waals surface area contributed by atoms with Gasteiger partial charge in [0.25, 0.3) is 5.91 Å². The van der Waals surface area contributed by atoms with Crippen molar-refractivity contribution in [1.82, 2.24) is 15.3 Å². The molecule has 0 atom stereocenters. The number of hydrogen-bond donors (Lipinski definition) is 1. The van der Waals surface area contributed by atoms with Crippen molar-refractivity contribution < 1.29 is 9.21 Å². The Morgan fingerprint density at radius 1 is 1.33 bits per heavy atom. The van der Waals surface area contributed by atoms with Crippen LogP contribution in [0.3, 0.4) is 0 Å². The van der Waals surface area contributed by atoms with Crippen LogP contribution in [0.15, 0.2) is 35.2 Å². The van der Waals surface area contributed by atoms with Crippen LogP contribution >= 0.6 is 0 Å². The summed E-state index contributed by atoms with van der Waals surface area (Å²) in [6, 6.07) is 3.70. The number of anilines is 1. The highest BCUT2D eigenvalue weighted by Crippen LogP contribution is 2.16. The maximum absolute atomic E-state index is 12.1. The van der Waals surface area contributed by atoms with Crippen LogP contribution < -0.4 is 10.2 Å². The topological polar surface area (TPSA) is 71.3 Å². The van der Waals surface area contributed by atoms with Crippen LogP contribution in [0.4, 0.5) is 5.95 Å². The number of carbonyl (C=O) groups is 1. The third-order valence-electron chi connectivity index (χ3n) is 3.77. The average molecular weight is 286 g/mol.